The lowest BCUT2D eigenvalue weighted by atomic mass is 9.82. The third kappa shape index (κ3) is 9.68. The fourth-order valence-corrected chi connectivity index (χ4v) is 9.84. The highest BCUT2D eigenvalue weighted by molar-refractivity contribution is 5.88. The molecule has 11 rings (SSSR count). The number of ether oxygens (including phenoxy) is 1. The standard InChI is InChI=1S/C30H29NO.C29H27NO.C5H5N.ClH/c1-20-6-10-22(11-7-20)31(23-12-8-21(2)9-13-23)24-14-16-26-27-19-25(32-5)15-17-28(27)30(3,4)29(26)18-24;1-19-5-9-21(10-6-19)30(22-11-7-20(2)8-12-22)23-13-15-25-26-18-24(31)14-16-27(26)29(3,4)28(25)17-23;1-2-4-6-5-3-1;/h6-19H,1-5H3;5-18,31H,1-4H3;1-5H;1H. The molecule has 9 aromatic rings. The minimum Gasteiger partial charge on any atom is -0.508 e. The molecule has 0 bridgehead atoms. The second kappa shape index (κ2) is 20.2. The maximum Gasteiger partial charge on any atom is 0.119 e. The number of halogens is 1. The Morgan fingerprint density at radius 1 is 0.386 bits per heavy atom. The van der Waals surface area contributed by atoms with Crippen molar-refractivity contribution >= 4 is 46.5 Å². The van der Waals surface area contributed by atoms with Crippen molar-refractivity contribution in [3.63, 3.8) is 0 Å². The summed E-state index contributed by atoms with van der Waals surface area (Å²) in [5.41, 5.74) is 21.9. The van der Waals surface area contributed by atoms with Crippen molar-refractivity contribution in [3.05, 3.63) is 245 Å². The number of hydrogen-bond acceptors (Lipinski definition) is 5. The van der Waals surface area contributed by atoms with Gasteiger partial charge in [-0.05, 0) is 181 Å². The number of aromatic nitrogens is 1. The molecule has 5 nitrogen and oxygen atoms in total. The lowest BCUT2D eigenvalue weighted by Crippen LogP contribution is -2.16. The summed E-state index contributed by atoms with van der Waals surface area (Å²) in [5, 5.41) is 10.1. The number of pyridine rings is 1. The zero-order valence-corrected chi connectivity index (χ0v) is 42.5. The quantitative estimate of drug-likeness (QED) is 0.173. The van der Waals surface area contributed by atoms with Gasteiger partial charge in [0.25, 0.3) is 0 Å². The largest absolute Gasteiger partial charge is 0.508 e. The van der Waals surface area contributed by atoms with E-state index in [2.05, 4.69) is 228 Å². The van der Waals surface area contributed by atoms with E-state index < -0.39 is 0 Å². The van der Waals surface area contributed by atoms with E-state index in [0.29, 0.717) is 5.75 Å². The molecule has 0 saturated heterocycles. The molecule has 0 spiro atoms. The highest BCUT2D eigenvalue weighted by atomic mass is 35.5. The van der Waals surface area contributed by atoms with E-state index in [1.54, 1.807) is 25.6 Å². The third-order valence-electron chi connectivity index (χ3n) is 13.8. The van der Waals surface area contributed by atoms with Gasteiger partial charge in [-0.25, -0.2) is 0 Å². The van der Waals surface area contributed by atoms with Crippen molar-refractivity contribution in [1.29, 1.82) is 0 Å². The van der Waals surface area contributed by atoms with Crippen molar-refractivity contribution in [2.75, 3.05) is 16.9 Å². The second-order valence-electron chi connectivity index (χ2n) is 19.4. The summed E-state index contributed by atoms with van der Waals surface area (Å²) in [7, 11) is 1.73. The van der Waals surface area contributed by atoms with Crippen LogP contribution in [0, 0.1) is 27.7 Å². The highest BCUT2D eigenvalue weighted by Gasteiger charge is 2.37. The van der Waals surface area contributed by atoms with Gasteiger partial charge in [0, 0.05) is 57.3 Å². The van der Waals surface area contributed by atoms with Crippen molar-refractivity contribution in [2.24, 2.45) is 0 Å². The molecule has 2 aliphatic rings. The Kier molecular flexibility index (Phi) is 14.1. The van der Waals surface area contributed by atoms with E-state index >= 15 is 0 Å². The van der Waals surface area contributed by atoms with Crippen LogP contribution in [0.4, 0.5) is 34.1 Å². The zero-order valence-electron chi connectivity index (χ0n) is 41.7. The summed E-state index contributed by atoms with van der Waals surface area (Å²) < 4.78 is 5.51. The number of anilines is 6. The number of rotatable bonds is 7. The molecule has 0 radical (unpaired) electrons. The number of phenolic OH excluding ortho intramolecular Hbond substituents is 1. The van der Waals surface area contributed by atoms with Crippen molar-refractivity contribution in [3.8, 4) is 33.8 Å². The maximum atomic E-state index is 10.1. The van der Waals surface area contributed by atoms with Crippen LogP contribution in [0.2, 0.25) is 0 Å². The molecular weight excluding hydrogens is 878 g/mol. The van der Waals surface area contributed by atoms with Gasteiger partial charge in [-0.3, -0.25) is 4.98 Å². The van der Waals surface area contributed by atoms with Gasteiger partial charge in [-0.15, -0.1) is 12.4 Å². The van der Waals surface area contributed by atoms with Crippen LogP contribution in [-0.4, -0.2) is 17.2 Å². The van der Waals surface area contributed by atoms with Gasteiger partial charge in [0.2, 0.25) is 0 Å². The third-order valence-corrected chi connectivity index (χ3v) is 13.8. The summed E-state index contributed by atoms with van der Waals surface area (Å²) in [4.78, 5) is 8.45. The first kappa shape index (κ1) is 48.8. The Balaban J connectivity index is 0.000000166. The fourth-order valence-electron chi connectivity index (χ4n) is 9.84. The number of aryl methyl sites for hydroxylation is 4. The van der Waals surface area contributed by atoms with Crippen molar-refractivity contribution in [1.82, 2.24) is 4.98 Å². The van der Waals surface area contributed by atoms with Crippen LogP contribution in [0.25, 0.3) is 22.3 Å². The summed E-state index contributed by atoms with van der Waals surface area (Å²) in [5.74, 6) is 1.21. The molecule has 6 heteroatoms. The Morgan fingerprint density at radius 3 is 1.09 bits per heavy atom. The molecule has 1 aromatic heterocycles. The predicted molar refractivity (Wildman–Crippen MR) is 296 cm³/mol. The van der Waals surface area contributed by atoms with E-state index in [-0.39, 0.29) is 23.2 Å². The summed E-state index contributed by atoms with van der Waals surface area (Å²) in [6.07, 6.45) is 3.50. The normalized spacial score (nSPS) is 12.8. The Hall–Kier alpha value is -7.60. The van der Waals surface area contributed by atoms with Crippen LogP contribution in [0.3, 0.4) is 0 Å². The molecule has 0 aliphatic heterocycles. The maximum absolute atomic E-state index is 10.1. The molecule has 0 saturated carbocycles. The topological polar surface area (TPSA) is 48.8 Å². The molecule has 1 heterocycles. The Labute approximate surface area is 421 Å². The van der Waals surface area contributed by atoms with E-state index in [0.717, 1.165) is 39.7 Å². The van der Waals surface area contributed by atoms with Crippen molar-refractivity contribution in [2.45, 2.75) is 66.2 Å². The lowest BCUT2D eigenvalue weighted by molar-refractivity contribution is 0.414. The summed E-state index contributed by atoms with van der Waals surface area (Å²) >= 11 is 0. The number of hydrogen-bond donors (Lipinski definition) is 1. The fraction of sp³-hybridized carbons (Fsp3) is 0.172. The van der Waals surface area contributed by atoms with Gasteiger partial charge < -0.3 is 19.6 Å². The Morgan fingerprint density at radius 2 is 0.743 bits per heavy atom. The Bertz CT molecular complexity index is 3120. The summed E-state index contributed by atoms with van der Waals surface area (Å²) in [6, 6.07) is 66.3. The number of nitrogens with zero attached hydrogens (tertiary/aromatic N) is 3. The van der Waals surface area contributed by atoms with Gasteiger partial charge >= 0.3 is 0 Å². The number of fused-ring (bicyclic) bond motifs is 6. The first-order valence-electron chi connectivity index (χ1n) is 23.8. The molecule has 0 fully saturated rings. The van der Waals surface area contributed by atoms with Crippen molar-refractivity contribution < 1.29 is 9.84 Å². The van der Waals surface area contributed by atoms with E-state index in [1.807, 2.05) is 24.3 Å². The molecule has 352 valence electrons. The number of phenols is 1. The minimum atomic E-state index is -0.124. The van der Waals surface area contributed by atoms with Gasteiger partial charge in [-0.1, -0.05) is 129 Å². The number of benzene rings is 8. The first-order chi connectivity index (χ1) is 33.2. The highest BCUT2D eigenvalue weighted by Crippen LogP contribution is 2.53. The van der Waals surface area contributed by atoms with Crippen LogP contribution >= 0.6 is 12.4 Å². The summed E-state index contributed by atoms with van der Waals surface area (Å²) in [6.45, 7) is 17.6. The number of aromatic hydroxyl groups is 1. The van der Waals surface area contributed by atoms with Gasteiger partial charge in [0.15, 0.2) is 0 Å². The SMILES string of the molecule is COc1ccc2c(c1)-c1ccc(N(c3ccc(C)cc3)c3ccc(C)cc3)cc1C2(C)C.Cc1ccc(N(c2ccc(C)cc2)c2ccc3c(c2)C(C)(C)c2ccc(O)cc2-3)cc1.Cl.c1ccncc1. The molecule has 70 heavy (non-hydrogen) atoms. The van der Waals surface area contributed by atoms with Gasteiger partial charge in [-0.2, -0.15) is 0 Å². The van der Waals surface area contributed by atoms with Crippen LogP contribution in [0.5, 0.6) is 11.5 Å². The molecule has 1 N–H and O–H groups in total. The van der Waals surface area contributed by atoms with Gasteiger partial charge in [0.05, 0.1) is 7.11 Å². The number of methoxy groups -OCH3 is 1. The average molecular weight is 941 g/mol. The smallest absolute Gasteiger partial charge is 0.119 e. The van der Waals surface area contributed by atoms with E-state index in [1.165, 1.54) is 66.9 Å². The first-order valence-corrected chi connectivity index (χ1v) is 23.8. The molecule has 8 aromatic carbocycles. The molecule has 2 aliphatic carbocycles. The zero-order chi connectivity index (χ0) is 48.5. The van der Waals surface area contributed by atoms with Crippen LogP contribution in [-0.2, 0) is 10.8 Å². The van der Waals surface area contributed by atoms with Gasteiger partial charge in [0.1, 0.15) is 11.5 Å². The monoisotopic (exact) mass is 939 g/mol. The van der Waals surface area contributed by atoms with Crippen LogP contribution in [0.15, 0.2) is 200 Å². The van der Waals surface area contributed by atoms with Crippen LogP contribution in [0.1, 0.15) is 72.2 Å². The predicted octanol–water partition coefficient (Wildman–Crippen LogP) is 17.4. The molecule has 0 amide bonds. The molecule has 0 atom stereocenters. The second-order valence-corrected chi connectivity index (χ2v) is 19.4. The van der Waals surface area contributed by atoms with E-state index in [4.69, 9.17) is 4.74 Å². The molecule has 0 unspecified atom stereocenters. The van der Waals surface area contributed by atoms with Crippen LogP contribution < -0.4 is 14.5 Å². The minimum absolute atomic E-state index is 0. The average Bonchev–Trinajstić information content (AvgIpc) is 3.72. The lowest BCUT2D eigenvalue weighted by Gasteiger charge is -2.28. The molecular formula is C64H62ClN3O2. The van der Waals surface area contributed by atoms with E-state index in [9.17, 15) is 5.11 Å².